The summed E-state index contributed by atoms with van der Waals surface area (Å²) < 4.78 is 12.8. The third-order valence-electron chi connectivity index (χ3n) is 3.78. The second-order valence-electron chi connectivity index (χ2n) is 5.31. The molecule has 1 aliphatic heterocycles. The first-order chi connectivity index (χ1) is 8.68. The molecule has 2 heterocycles. The van der Waals surface area contributed by atoms with E-state index in [2.05, 4.69) is 21.8 Å². The van der Waals surface area contributed by atoms with Crippen LogP contribution < -0.4 is 5.32 Å². The maximum atomic E-state index is 5.31. The number of piperidine rings is 1. The summed E-state index contributed by atoms with van der Waals surface area (Å²) in [6.45, 7) is 5.50. The average molecular weight is 253 g/mol. The summed E-state index contributed by atoms with van der Waals surface area (Å²) in [4.78, 5) is 4.22. The minimum atomic E-state index is -0.335. The van der Waals surface area contributed by atoms with E-state index in [0.717, 1.165) is 25.3 Å². The monoisotopic (exact) mass is 253 g/mol. The number of imidazole rings is 1. The molecule has 0 unspecified atom stereocenters. The van der Waals surface area contributed by atoms with Crippen LogP contribution in [0.2, 0.25) is 0 Å². The number of rotatable bonds is 5. The molecule has 0 aliphatic carbocycles. The van der Waals surface area contributed by atoms with Crippen LogP contribution in [0.15, 0.2) is 12.5 Å². The standard InChI is InChI=1S/C13H23N3O2/c1-13(4-6-14-7-5-13)9-16-10-15-8-11(16)12(17-2)18-3/h8,10,12,14H,4-7,9H2,1-3H3. The number of nitrogens with zero attached hydrogens (tertiary/aromatic N) is 2. The quantitative estimate of drug-likeness (QED) is 0.809. The van der Waals surface area contributed by atoms with E-state index in [1.807, 2.05) is 12.5 Å². The second-order valence-corrected chi connectivity index (χ2v) is 5.31. The van der Waals surface area contributed by atoms with Crippen LogP contribution in [0.4, 0.5) is 0 Å². The predicted molar refractivity (Wildman–Crippen MR) is 69.2 cm³/mol. The molecule has 1 saturated heterocycles. The number of hydrogen-bond acceptors (Lipinski definition) is 4. The van der Waals surface area contributed by atoms with Crippen LogP contribution in [0.25, 0.3) is 0 Å². The number of ether oxygens (including phenoxy) is 2. The highest BCUT2D eigenvalue weighted by atomic mass is 16.7. The lowest BCUT2D eigenvalue weighted by Gasteiger charge is -2.35. The molecule has 0 atom stereocenters. The van der Waals surface area contributed by atoms with Gasteiger partial charge in [0.15, 0.2) is 6.29 Å². The van der Waals surface area contributed by atoms with Crippen molar-refractivity contribution in [1.82, 2.24) is 14.9 Å². The molecule has 1 aromatic rings. The van der Waals surface area contributed by atoms with Crippen molar-refractivity contribution in [3.8, 4) is 0 Å². The van der Waals surface area contributed by atoms with E-state index >= 15 is 0 Å². The van der Waals surface area contributed by atoms with E-state index in [1.54, 1.807) is 14.2 Å². The third-order valence-corrected chi connectivity index (χ3v) is 3.78. The Hall–Kier alpha value is -0.910. The van der Waals surface area contributed by atoms with Crippen molar-refractivity contribution in [3.63, 3.8) is 0 Å². The van der Waals surface area contributed by atoms with Crippen molar-refractivity contribution < 1.29 is 9.47 Å². The van der Waals surface area contributed by atoms with E-state index in [1.165, 1.54) is 12.8 Å². The molecule has 0 bridgehead atoms. The van der Waals surface area contributed by atoms with Gasteiger partial charge in [-0.25, -0.2) is 4.98 Å². The van der Waals surface area contributed by atoms with Gasteiger partial charge in [-0.3, -0.25) is 0 Å². The molecule has 102 valence electrons. The minimum Gasteiger partial charge on any atom is -0.350 e. The van der Waals surface area contributed by atoms with Crippen molar-refractivity contribution in [2.24, 2.45) is 5.41 Å². The zero-order valence-electron chi connectivity index (χ0n) is 11.5. The Balaban J connectivity index is 2.11. The lowest BCUT2D eigenvalue weighted by Crippen LogP contribution is -2.37. The van der Waals surface area contributed by atoms with Gasteiger partial charge in [-0.05, 0) is 31.3 Å². The van der Waals surface area contributed by atoms with Crippen molar-refractivity contribution in [2.45, 2.75) is 32.6 Å². The molecule has 0 radical (unpaired) electrons. The van der Waals surface area contributed by atoms with E-state index in [9.17, 15) is 0 Å². The Morgan fingerprint density at radius 3 is 2.67 bits per heavy atom. The van der Waals surface area contributed by atoms with Gasteiger partial charge in [0.2, 0.25) is 0 Å². The average Bonchev–Trinajstić information content (AvgIpc) is 2.79. The molecule has 1 N–H and O–H groups in total. The van der Waals surface area contributed by atoms with Gasteiger partial charge in [-0.15, -0.1) is 0 Å². The van der Waals surface area contributed by atoms with Crippen LogP contribution >= 0.6 is 0 Å². The summed E-state index contributed by atoms with van der Waals surface area (Å²) in [6.07, 6.45) is 5.73. The highest BCUT2D eigenvalue weighted by Crippen LogP contribution is 2.31. The Kier molecular flexibility index (Phi) is 4.37. The van der Waals surface area contributed by atoms with Crippen molar-refractivity contribution in [3.05, 3.63) is 18.2 Å². The SMILES string of the molecule is COC(OC)c1cncn1CC1(C)CCNCC1. The molecule has 0 aromatic carbocycles. The molecule has 1 aliphatic rings. The molecule has 18 heavy (non-hydrogen) atoms. The third kappa shape index (κ3) is 2.91. The fourth-order valence-electron chi connectivity index (χ4n) is 2.60. The van der Waals surface area contributed by atoms with Crippen LogP contribution in [0, 0.1) is 5.41 Å². The maximum absolute atomic E-state index is 5.31. The van der Waals surface area contributed by atoms with Crippen molar-refractivity contribution >= 4 is 0 Å². The van der Waals surface area contributed by atoms with E-state index < -0.39 is 0 Å². The number of methoxy groups -OCH3 is 2. The first-order valence-corrected chi connectivity index (χ1v) is 6.45. The number of nitrogens with one attached hydrogen (secondary N) is 1. The van der Waals surface area contributed by atoms with Gasteiger partial charge in [0.25, 0.3) is 0 Å². The van der Waals surface area contributed by atoms with Gasteiger partial charge < -0.3 is 19.4 Å². The van der Waals surface area contributed by atoms with Gasteiger partial charge in [-0.2, -0.15) is 0 Å². The van der Waals surface area contributed by atoms with Crippen LogP contribution in [-0.2, 0) is 16.0 Å². The lowest BCUT2D eigenvalue weighted by molar-refractivity contribution is -0.111. The largest absolute Gasteiger partial charge is 0.350 e. The predicted octanol–water partition coefficient (Wildman–Crippen LogP) is 1.56. The molecule has 1 fully saturated rings. The highest BCUT2D eigenvalue weighted by Gasteiger charge is 2.28. The van der Waals surface area contributed by atoms with Crippen LogP contribution in [0.5, 0.6) is 0 Å². The van der Waals surface area contributed by atoms with Gasteiger partial charge in [0.05, 0.1) is 18.2 Å². The second kappa shape index (κ2) is 5.82. The number of hydrogen-bond donors (Lipinski definition) is 1. The van der Waals surface area contributed by atoms with Gasteiger partial charge in [-0.1, -0.05) is 6.92 Å². The highest BCUT2D eigenvalue weighted by molar-refractivity contribution is 5.01. The zero-order valence-corrected chi connectivity index (χ0v) is 11.5. The molecule has 5 heteroatoms. The fraction of sp³-hybridized carbons (Fsp3) is 0.769. The summed E-state index contributed by atoms with van der Waals surface area (Å²) in [5, 5.41) is 3.40. The molecule has 1 aromatic heterocycles. The summed E-state index contributed by atoms with van der Waals surface area (Å²) in [5.74, 6) is 0. The maximum Gasteiger partial charge on any atom is 0.200 e. The first-order valence-electron chi connectivity index (χ1n) is 6.45. The van der Waals surface area contributed by atoms with Gasteiger partial charge in [0.1, 0.15) is 0 Å². The normalized spacial score (nSPS) is 19.3. The van der Waals surface area contributed by atoms with E-state index in [0.29, 0.717) is 5.41 Å². The Morgan fingerprint density at radius 1 is 1.39 bits per heavy atom. The Bertz CT molecular complexity index is 368. The first kappa shape index (κ1) is 13.5. The van der Waals surface area contributed by atoms with E-state index in [4.69, 9.17) is 9.47 Å². The van der Waals surface area contributed by atoms with Crippen molar-refractivity contribution in [2.75, 3.05) is 27.3 Å². The van der Waals surface area contributed by atoms with Crippen LogP contribution in [0.1, 0.15) is 31.7 Å². The molecule has 2 rings (SSSR count). The molecule has 5 nitrogen and oxygen atoms in total. The smallest absolute Gasteiger partial charge is 0.200 e. The molecule has 0 spiro atoms. The van der Waals surface area contributed by atoms with Gasteiger partial charge in [0, 0.05) is 20.8 Å². The molecule has 0 amide bonds. The van der Waals surface area contributed by atoms with Crippen LogP contribution in [0.3, 0.4) is 0 Å². The minimum absolute atomic E-state index is 0.326. The lowest BCUT2D eigenvalue weighted by atomic mass is 9.81. The Morgan fingerprint density at radius 2 is 2.06 bits per heavy atom. The van der Waals surface area contributed by atoms with Crippen LogP contribution in [-0.4, -0.2) is 36.9 Å². The summed E-state index contributed by atoms with van der Waals surface area (Å²) in [6, 6.07) is 0. The summed E-state index contributed by atoms with van der Waals surface area (Å²) in [7, 11) is 3.30. The van der Waals surface area contributed by atoms with Crippen molar-refractivity contribution in [1.29, 1.82) is 0 Å². The number of aromatic nitrogens is 2. The summed E-state index contributed by atoms with van der Waals surface area (Å²) >= 11 is 0. The zero-order chi connectivity index (χ0) is 13.0. The van der Waals surface area contributed by atoms with E-state index in [-0.39, 0.29) is 6.29 Å². The topological polar surface area (TPSA) is 48.3 Å². The fourth-order valence-corrected chi connectivity index (χ4v) is 2.60. The summed E-state index contributed by atoms with van der Waals surface area (Å²) in [5.41, 5.74) is 1.31. The molecule has 0 saturated carbocycles. The van der Waals surface area contributed by atoms with Gasteiger partial charge >= 0.3 is 0 Å². The molecular formula is C13H23N3O2. The molecular weight excluding hydrogens is 230 g/mol. The Labute approximate surface area is 108 Å².